The maximum Gasteiger partial charge on any atom is 0.111 e. The third-order valence-corrected chi connectivity index (χ3v) is 1.41. The standard InChI is InChI=1S/C6H12O4/c7-3-4-9-10-5-6(8)1-2-6/h7-8H,1-5H2. The first-order chi connectivity index (χ1) is 4.77. The van der Waals surface area contributed by atoms with E-state index >= 15 is 0 Å². The van der Waals surface area contributed by atoms with Crippen molar-refractivity contribution in [2.45, 2.75) is 18.4 Å². The fourth-order valence-corrected chi connectivity index (χ4v) is 0.536. The summed E-state index contributed by atoms with van der Waals surface area (Å²) in [5.74, 6) is 0. The van der Waals surface area contributed by atoms with Gasteiger partial charge in [0.1, 0.15) is 13.2 Å². The highest BCUT2D eigenvalue weighted by atomic mass is 17.2. The molecule has 0 aromatic rings. The second kappa shape index (κ2) is 3.30. The van der Waals surface area contributed by atoms with E-state index in [9.17, 15) is 0 Å². The van der Waals surface area contributed by atoms with Crippen LogP contribution in [0.4, 0.5) is 0 Å². The Morgan fingerprint density at radius 2 is 2.00 bits per heavy atom. The molecule has 1 fully saturated rings. The summed E-state index contributed by atoms with van der Waals surface area (Å²) in [6.45, 7) is 0.321. The van der Waals surface area contributed by atoms with Gasteiger partial charge in [0.15, 0.2) is 0 Å². The van der Waals surface area contributed by atoms with Crippen LogP contribution in [0.25, 0.3) is 0 Å². The molecule has 1 aliphatic rings. The van der Waals surface area contributed by atoms with Crippen LogP contribution in [0.1, 0.15) is 12.8 Å². The molecule has 10 heavy (non-hydrogen) atoms. The van der Waals surface area contributed by atoms with Gasteiger partial charge in [-0.05, 0) is 12.8 Å². The smallest absolute Gasteiger partial charge is 0.111 e. The van der Waals surface area contributed by atoms with Crippen LogP contribution in [0.2, 0.25) is 0 Å². The molecule has 0 unspecified atom stereocenters. The van der Waals surface area contributed by atoms with Crippen molar-refractivity contribution in [3.8, 4) is 0 Å². The fraction of sp³-hybridized carbons (Fsp3) is 1.00. The van der Waals surface area contributed by atoms with Crippen LogP contribution in [-0.2, 0) is 9.78 Å². The van der Waals surface area contributed by atoms with Crippen molar-refractivity contribution >= 4 is 0 Å². The van der Waals surface area contributed by atoms with Crippen LogP contribution in [0.15, 0.2) is 0 Å². The number of rotatable bonds is 5. The molecule has 0 spiro atoms. The summed E-state index contributed by atoms with van der Waals surface area (Å²) in [6, 6.07) is 0. The highest BCUT2D eigenvalue weighted by Crippen LogP contribution is 2.34. The number of aliphatic hydroxyl groups excluding tert-OH is 1. The van der Waals surface area contributed by atoms with Crippen molar-refractivity contribution in [1.29, 1.82) is 0 Å². The minimum Gasteiger partial charge on any atom is -0.394 e. The van der Waals surface area contributed by atoms with Gasteiger partial charge in [0.05, 0.1) is 12.2 Å². The Balaban J connectivity index is 1.86. The van der Waals surface area contributed by atoms with Gasteiger partial charge in [-0.25, -0.2) is 9.78 Å². The van der Waals surface area contributed by atoms with E-state index in [1.165, 1.54) is 0 Å². The maximum atomic E-state index is 9.16. The first-order valence-corrected chi connectivity index (χ1v) is 3.34. The van der Waals surface area contributed by atoms with Gasteiger partial charge in [-0.2, -0.15) is 0 Å². The lowest BCUT2D eigenvalue weighted by atomic mass is 10.4. The molecule has 2 N–H and O–H groups in total. The average molecular weight is 148 g/mol. The van der Waals surface area contributed by atoms with Crippen LogP contribution in [0.5, 0.6) is 0 Å². The molecule has 0 saturated heterocycles. The predicted octanol–water partition coefficient (Wildman–Crippen LogP) is -0.548. The highest BCUT2D eigenvalue weighted by molar-refractivity contribution is 4.92. The second-order valence-corrected chi connectivity index (χ2v) is 2.53. The van der Waals surface area contributed by atoms with Crippen molar-refractivity contribution in [2.24, 2.45) is 0 Å². The Morgan fingerprint density at radius 3 is 2.50 bits per heavy atom. The summed E-state index contributed by atoms with van der Waals surface area (Å²) >= 11 is 0. The molecule has 0 atom stereocenters. The van der Waals surface area contributed by atoms with Crippen molar-refractivity contribution in [3.63, 3.8) is 0 Å². The quantitative estimate of drug-likeness (QED) is 0.312. The molecule has 0 aliphatic heterocycles. The van der Waals surface area contributed by atoms with E-state index in [1.807, 2.05) is 0 Å². The normalized spacial score (nSPS) is 21.0. The Kier molecular flexibility index (Phi) is 2.62. The molecular weight excluding hydrogens is 136 g/mol. The van der Waals surface area contributed by atoms with E-state index in [1.54, 1.807) is 0 Å². The lowest BCUT2D eigenvalue weighted by Gasteiger charge is -2.06. The summed E-state index contributed by atoms with van der Waals surface area (Å²) in [4.78, 5) is 9.08. The molecule has 0 amide bonds. The molecule has 0 heterocycles. The zero-order valence-corrected chi connectivity index (χ0v) is 5.75. The monoisotopic (exact) mass is 148 g/mol. The molecule has 0 radical (unpaired) electrons. The highest BCUT2D eigenvalue weighted by Gasteiger charge is 2.41. The summed E-state index contributed by atoms with van der Waals surface area (Å²) in [7, 11) is 0. The molecule has 1 rings (SSSR count). The largest absolute Gasteiger partial charge is 0.394 e. The van der Waals surface area contributed by atoms with E-state index in [-0.39, 0.29) is 19.8 Å². The number of aliphatic hydroxyl groups is 2. The minimum absolute atomic E-state index is 0.0571. The van der Waals surface area contributed by atoms with Crippen LogP contribution >= 0.6 is 0 Å². The Hall–Kier alpha value is -0.160. The minimum atomic E-state index is -0.630. The lowest BCUT2D eigenvalue weighted by molar-refractivity contribution is -0.310. The first-order valence-electron chi connectivity index (χ1n) is 3.34. The summed E-state index contributed by atoms with van der Waals surface area (Å²) in [5, 5.41) is 17.4. The topological polar surface area (TPSA) is 58.9 Å². The third-order valence-electron chi connectivity index (χ3n) is 1.41. The molecule has 0 aromatic heterocycles. The van der Waals surface area contributed by atoms with Crippen LogP contribution in [-0.4, -0.2) is 35.6 Å². The van der Waals surface area contributed by atoms with Gasteiger partial charge < -0.3 is 10.2 Å². The average Bonchev–Trinajstić information content (AvgIpc) is 2.62. The summed E-state index contributed by atoms with van der Waals surface area (Å²) in [6.07, 6.45) is 1.57. The van der Waals surface area contributed by atoms with Crippen LogP contribution < -0.4 is 0 Å². The molecule has 0 bridgehead atoms. The molecule has 0 aromatic carbocycles. The van der Waals surface area contributed by atoms with Crippen LogP contribution in [0.3, 0.4) is 0 Å². The van der Waals surface area contributed by atoms with E-state index in [4.69, 9.17) is 10.2 Å². The van der Waals surface area contributed by atoms with E-state index in [0.29, 0.717) is 0 Å². The van der Waals surface area contributed by atoms with Gasteiger partial charge in [0.25, 0.3) is 0 Å². The summed E-state index contributed by atoms with van der Waals surface area (Å²) < 4.78 is 0. The SMILES string of the molecule is OCCOOCC1(O)CC1. The fourth-order valence-electron chi connectivity index (χ4n) is 0.536. The summed E-state index contributed by atoms with van der Waals surface area (Å²) in [5.41, 5.74) is -0.630. The third kappa shape index (κ3) is 2.62. The Labute approximate surface area is 59.3 Å². The zero-order chi connectivity index (χ0) is 7.45. The van der Waals surface area contributed by atoms with Crippen molar-refractivity contribution < 1.29 is 20.0 Å². The number of hydrogen-bond donors (Lipinski definition) is 2. The van der Waals surface area contributed by atoms with Crippen molar-refractivity contribution in [2.75, 3.05) is 19.8 Å². The second-order valence-electron chi connectivity index (χ2n) is 2.53. The van der Waals surface area contributed by atoms with Gasteiger partial charge in [-0.3, -0.25) is 0 Å². The van der Waals surface area contributed by atoms with E-state index < -0.39 is 5.60 Å². The Bertz CT molecular complexity index is 99.9. The molecule has 4 heteroatoms. The van der Waals surface area contributed by atoms with Gasteiger partial charge in [0, 0.05) is 0 Å². The van der Waals surface area contributed by atoms with Gasteiger partial charge >= 0.3 is 0 Å². The predicted molar refractivity (Wildman–Crippen MR) is 33.2 cm³/mol. The van der Waals surface area contributed by atoms with Gasteiger partial charge in [0.2, 0.25) is 0 Å². The van der Waals surface area contributed by atoms with E-state index in [2.05, 4.69) is 9.78 Å². The van der Waals surface area contributed by atoms with E-state index in [0.717, 1.165) is 12.8 Å². The maximum absolute atomic E-state index is 9.16. The molecule has 60 valence electrons. The van der Waals surface area contributed by atoms with Gasteiger partial charge in [-0.1, -0.05) is 0 Å². The number of hydrogen-bond acceptors (Lipinski definition) is 4. The molecule has 1 saturated carbocycles. The molecule has 4 nitrogen and oxygen atoms in total. The Morgan fingerprint density at radius 1 is 1.30 bits per heavy atom. The first kappa shape index (κ1) is 7.94. The van der Waals surface area contributed by atoms with Crippen LogP contribution in [0, 0.1) is 0 Å². The van der Waals surface area contributed by atoms with Crippen molar-refractivity contribution in [1.82, 2.24) is 0 Å². The zero-order valence-electron chi connectivity index (χ0n) is 5.75. The lowest BCUT2D eigenvalue weighted by Crippen LogP contribution is -2.17. The van der Waals surface area contributed by atoms with Crippen molar-refractivity contribution in [3.05, 3.63) is 0 Å². The molecular formula is C6H12O4. The van der Waals surface area contributed by atoms with Gasteiger partial charge in [-0.15, -0.1) is 0 Å². The molecule has 1 aliphatic carbocycles.